The van der Waals surface area contributed by atoms with Gasteiger partial charge >= 0.3 is 0 Å². The summed E-state index contributed by atoms with van der Waals surface area (Å²) in [5.41, 5.74) is 0.536. The quantitative estimate of drug-likeness (QED) is 0.799. The summed E-state index contributed by atoms with van der Waals surface area (Å²) in [5.74, 6) is 0.366. The summed E-state index contributed by atoms with van der Waals surface area (Å²) in [6, 6.07) is 1.77. The van der Waals surface area contributed by atoms with Gasteiger partial charge in [0.1, 0.15) is 0 Å². The number of nitrogens with zero attached hydrogens (tertiary/aromatic N) is 1. The molecule has 0 aliphatic rings. The molecule has 1 heterocycles. The third-order valence-electron chi connectivity index (χ3n) is 2.06. The number of carbonyl (C=O) groups excluding carboxylic acids is 1. The predicted octanol–water partition coefficient (Wildman–Crippen LogP) is 3.13. The fourth-order valence-electron chi connectivity index (χ4n) is 1.29. The average molecular weight is 295 g/mol. The van der Waals surface area contributed by atoms with Gasteiger partial charge in [-0.15, -0.1) is 11.6 Å². The zero-order chi connectivity index (χ0) is 11.4. The van der Waals surface area contributed by atoms with E-state index in [1.807, 2.05) is 13.8 Å². The first-order valence-electron chi connectivity index (χ1n) is 4.67. The smallest absolute Gasteiger partial charge is 0.258 e. The molecule has 0 aromatic carbocycles. The van der Waals surface area contributed by atoms with Gasteiger partial charge in [-0.05, 0) is 35.8 Å². The molecule has 0 bridgehead atoms. The number of amides is 1. The monoisotopic (exact) mass is 293 g/mol. The Labute approximate surface area is 103 Å². The van der Waals surface area contributed by atoms with E-state index in [1.165, 1.54) is 6.26 Å². The minimum Gasteiger partial charge on any atom is -0.457 e. The SMILES string of the molecule is CC(C)N(CCCl)C(=O)c1ccoc1Br. The van der Waals surface area contributed by atoms with Crippen LogP contribution in [-0.2, 0) is 0 Å². The molecule has 1 aromatic heterocycles. The largest absolute Gasteiger partial charge is 0.457 e. The first-order chi connectivity index (χ1) is 7.07. The number of halogens is 2. The van der Waals surface area contributed by atoms with Crippen molar-refractivity contribution in [2.45, 2.75) is 19.9 Å². The molecule has 0 radical (unpaired) electrons. The molecule has 1 amide bonds. The summed E-state index contributed by atoms with van der Waals surface area (Å²) in [7, 11) is 0. The van der Waals surface area contributed by atoms with Gasteiger partial charge < -0.3 is 9.32 Å². The zero-order valence-electron chi connectivity index (χ0n) is 8.67. The van der Waals surface area contributed by atoms with E-state index in [1.54, 1.807) is 11.0 Å². The molecule has 5 heteroatoms. The lowest BCUT2D eigenvalue weighted by Gasteiger charge is -2.25. The highest BCUT2D eigenvalue weighted by atomic mass is 79.9. The molecule has 3 nitrogen and oxygen atoms in total. The molecule has 0 aliphatic carbocycles. The van der Waals surface area contributed by atoms with Gasteiger partial charge in [-0.2, -0.15) is 0 Å². The van der Waals surface area contributed by atoms with E-state index in [9.17, 15) is 4.79 Å². The zero-order valence-corrected chi connectivity index (χ0v) is 11.0. The summed E-state index contributed by atoms with van der Waals surface area (Å²) >= 11 is 8.84. The summed E-state index contributed by atoms with van der Waals surface area (Å²) in [6.45, 7) is 4.45. The molecule has 0 saturated carbocycles. The van der Waals surface area contributed by atoms with Crippen LogP contribution in [-0.4, -0.2) is 29.3 Å². The van der Waals surface area contributed by atoms with E-state index in [0.717, 1.165) is 0 Å². The minimum atomic E-state index is -0.0636. The van der Waals surface area contributed by atoms with Gasteiger partial charge in [-0.1, -0.05) is 0 Å². The summed E-state index contributed by atoms with van der Waals surface area (Å²) in [6.07, 6.45) is 1.48. The maximum atomic E-state index is 12.0. The Morgan fingerprint density at radius 3 is 2.73 bits per heavy atom. The van der Waals surface area contributed by atoms with Crippen molar-refractivity contribution < 1.29 is 9.21 Å². The standard InChI is InChI=1S/C10H13BrClNO2/c1-7(2)13(5-4-12)10(14)8-3-6-15-9(8)11/h3,6-7H,4-5H2,1-2H3. The molecular weight excluding hydrogens is 281 g/mol. The number of hydrogen-bond acceptors (Lipinski definition) is 2. The minimum absolute atomic E-state index is 0.0636. The molecule has 0 spiro atoms. The number of hydrogen-bond donors (Lipinski definition) is 0. The lowest BCUT2D eigenvalue weighted by Crippen LogP contribution is -2.38. The fourth-order valence-corrected chi connectivity index (χ4v) is 1.88. The Morgan fingerprint density at radius 2 is 2.33 bits per heavy atom. The maximum absolute atomic E-state index is 12.0. The van der Waals surface area contributed by atoms with Crippen molar-refractivity contribution in [1.29, 1.82) is 0 Å². The number of furan rings is 1. The molecule has 15 heavy (non-hydrogen) atoms. The molecular formula is C10H13BrClNO2. The highest BCUT2D eigenvalue weighted by Gasteiger charge is 2.21. The van der Waals surface area contributed by atoms with E-state index >= 15 is 0 Å². The van der Waals surface area contributed by atoms with Crippen LogP contribution in [0.2, 0.25) is 0 Å². The van der Waals surface area contributed by atoms with Crippen LogP contribution in [0.3, 0.4) is 0 Å². The molecule has 0 atom stereocenters. The first-order valence-corrected chi connectivity index (χ1v) is 6.00. The predicted molar refractivity (Wildman–Crippen MR) is 63.3 cm³/mol. The van der Waals surface area contributed by atoms with E-state index in [2.05, 4.69) is 15.9 Å². The Hall–Kier alpha value is -0.480. The third kappa shape index (κ3) is 2.98. The van der Waals surface area contributed by atoms with E-state index in [-0.39, 0.29) is 11.9 Å². The van der Waals surface area contributed by atoms with Gasteiger partial charge in [-0.25, -0.2) is 0 Å². The van der Waals surface area contributed by atoms with Crippen LogP contribution in [0.4, 0.5) is 0 Å². The maximum Gasteiger partial charge on any atom is 0.258 e. The topological polar surface area (TPSA) is 33.5 Å². The van der Waals surface area contributed by atoms with Gasteiger partial charge in [0.2, 0.25) is 0 Å². The number of alkyl halides is 1. The molecule has 0 N–H and O–H groups in total. The Morgan fingerprint density at radius 1 is 1.67 bits per heavy atom. The van der Waals surface area contributed by atoms with Crippen LogP contribution >= 0.6 is 27.5 Å². The lowest BCUT2D eigenvalue weighted by molar-refractivity contribution is 0.0716. The molecule has 84 valence electrons. The van der Waals surface area contributed by atoms with Crippen molar-refractivity contribution in [3.8, 4) is 0 Å². The summed E-state index contributed by atoms with van der Waals surface area (Å²) in [4.78, 5) is 13.7. The van der Waals surface area contributed by atoms with E-state index in [0.29, 0.717) is 22.7 Å². The second-order valence-corrected chi connectivity index (χ2v) is 4.49. The Balaban J connectivity index is 2.86. The molecule has 1 aromatic rings. The molecule has 0 aliphatic heterocycles. The van der Waals surface area contributed by atoms with E-state index in [4.69, 9.17) is 16.0 Å². The van der Waals surface area contributed by atoms with Gasteiger partial charge in [0, 0.05) is 18.5 Å². The van der Waals surface area contributed by atoms with Gasteiger partial charge in [-0.3, -0.25) is 4.79 Å². The first kappa shape index (κ1) is 12.6. The van der Waals surface area contributed by atoms with Gasteiger partial charge in [0.15, 0.2) is 4.67 Å². The summed E-state index contributed by atoms with van der Waals surface area (Å²) in [5, 5.41) is 0. The van der Waals surface area contributed by atoms with Crippen LogP contribution in [0.1, 0.15) is 24.2 Å². The van der Waals surface area contributed by atoms with Crippen LogP contribution in [0, 0.1) is 0 Å². The number of rotatable bonds is 4. The fraction of sp³-hybridized carbons (Fsp3) is 0.500. The third-order valence-corrected chi connectivity index (χ3v) is 2.84. The van der Waals surface area contributed by atoms with Crippen LogP contribution in [0.15, 0.2) is 21.4 Å². The highest BCUT2D eigenvalue weighted by Crippen LogP contribution is 2.20. The highest BCUT2D eigenvalue weighted by molar-refractivity contribution is 9.10. The van der Waals surface area contributed by atoms with Gasteiger partial charge in [0.05, 0.1) is 11.8 Å². The number of carbonyl (C=O) groups is 1. The Kier molecular flexibility index (Phi) is 4.67. The molecule has 0 saturated heterocycles. The van der Waals surface area contributed by atoms with Crippen molar-refractivity contribution in [3.63, 3.8) is 0 Å². The van der Waals surface area contributed by atoms with Crippen molar-refractivity contribution in [2.24, 2.45) is 0 Å². The van der Waals surface area contributed by atoms with Gasteiger partial charge in [0.25, 0.3) is 5.91 Å². The van der Waals surface area contributed by atoms with Crippen LogP contribution < -0.4 is 0 Å². The Bertz CT molecular complexity index is 338. The normalized spacial score (nSPS) is 10.7. The van der Waals surface area contributed by atoms with Crippen molar-refractivity contribution in [2.75, 3.05) is 12.4 Å². The lowest BCUT2D eigenvalue weighted by atomic mass is 10.2. The second-order valence-electron chi connectivity index (χ2n) is 3.39. The summed E-state index contributed by atoms with van der Waals surface area (Å²) < 4.78 is 5.50. The van der Waals surface area contributed by atoms with Crippen LogP contribution in [0.25, 0.3) is 0 Å². The average Bonchev–Trinajstić information content (AvgIpc) is 2.59. The van der Waals surface area contributed by atoms with Crippen LogP contribution in [0.5, 0.6) is 0 Å². The molecule has 0 fully saturated rings. The second kappa shape index (κ2) is 5.56. The van der Waals surface area contributed by atoms with E-state index < -0.39 is 0 Å². The van der Waals surface area contributed by atoms with Crippen molar-refractivity contribution in [1.82, 2.24) is 4.90 Å². The van der Waals surface area contributed by atoms with Crippen molar-refractivity contribution >= 4 is 33.4 Å². The van der Waals surface area contributed by atoms with Crippen molar-refractivity contribution in [3.05, 3.63) is 22.6 Å². The molecule has 0 unspecified atom stereocenters. The molecule has 1 rings (SSSR count).